The zero-order valence-electron chi connectivity index (χ0n) is 16.7. The summed E-state index contributed by atoms with van der Waals surface area (Å²) in [5.74, 6) is 1.55. The highest BCUT2D eigenvalue weighted by atomic mass is 19.1. The smallest absolute Gasteiger partial charge is 0.232 e. The van der Waals surface area contributed by atoms with Gasteiger partial charge in [-0.15, -0.1) is 0 Å². The summed E-state index contributed by atoms with van der Waals surface area (Å²) in [6.45, 7) is 0.159. The van der Waals surface area contributed by atoms with Crippen LogP contribution in [-0.2, 0) is 6.54 Å². The molecule has 3 aromatic rings. The molecule has 0 amide bonds. The third kappa shape index (κ3) is 4.52. The normalized spacial score (nSPS) is 10.6. The lowest BCUT2D eigenvalue weighted by Gasteiger charge is -2.12. The van der Waals surface area contributed by atoms with Gasteiger partial charge in [0.05, 0.1) is 21.3 Å². The van der Waals surface area contributed by atoms with Crippen LogP contribution in [0.4, 0.5) is 10.3 Å². The van der Waals surface area contributed by atoms with Crippen LogP contribution in [0.5, 0.6) is 17.2 Å². The van der Waals surface area contributed by atoms with E-state index in [0.717, 1.165) is 5.56 Å². The van der Waals surface area contributed by atoms with E-state index in [1.807, 2.05) is 6.07 Å². The number of benzene rings is 2. The topological polar surface area (TPSA) is 89.5 Å². The number of ether oxygens (including phenoxy) is 3. The number of aromatic nitrogens is 1. The fraction of sp³-hybridized carbons (Fsp3) is 0.182. The number of oxazole rings is 1. The lowest BCUT2D eigenvalue weighted by molar-refractivity contribution is 0.324. The van der Waals surface area contributed by atoms with E-state index < -0.39 is 0 Å². The Morgan fingerprint density at radius 3 is 2.40 bits per heavy atom. The molecule has 1 N–H and O–H groups in total. The molecule has 0 bridgehead atoms. The van der Waals surface area contributed by atoms with Gasteiger partial charge < -0.3 is 23.9 Å². The summed E-state index contributed by atoms with van der Waals surface area (Å²) in [5.41, 5.74) is 1.28. The molecule has 0 fully saturated rings. The molecule has 0 saturated heterocycles. The van der Waals surface area contributed by atoms with Crippen LogP contribution in [0.25, 0.3) is 12.2 Å². The predicted molar refractivity (Wildman–Crippen MR) is 110 cm³/mol. The van der Waals surface area contributed by atoms with Crippen molar-refractivity contribution in [1.82, 2.24) is 4.98 Å². The number of methoxy groups -OCH3 is 3. The van der Waals surface area contributed by atoms with Crippen molar-refractivity contribution < 1.29 is 23.0 Å². The molecule has 30 heavy (non-hydrogen) atoms. The van der Waals surface area contributed by atoms with E-state index in [9.17, 15) is 9.65 Å². The van der Waals surface area contributed by atoms with Crippen molar-refractivity contribution in [2.45, 2.75) is 6.54 Å². The number of anilines is 1. The number of rotatable bonds is 8. The Labute approximate surface area is 173 Å². The van der Waals surface area contributed by atoms with Crippen molar-refractivity contribution in [3.8, 4) is 23.3 Å². The highest BCUT2D eigenvalue weighted by molar-refractivity contribution is 5.71. The van der Waals surface area contributed by atoms with Crippen molar-refractivity contribution in [3.05, 3.63) is 64.9 Å². The van der Waals surface area contributed by atoms with Gasteiger partial charge in [0.2, 0.25) is 23.2 Å². The largest absolute Gasteiger partial charge is 0.493 e. The molecule has 0 aliphatic rings. The maximum atomic E-state index is 13.8. The number of nitrogens with one attached hydrogen (secondary N) is 1. The summed E-state index contributed by atoms with van der Waals surface area (Å²) in [4.78, 5) is 4.14. The number of hydrogen-bond donors (Lipinski definition) is 1. The Bertz CT molecular complexity index is 1080. The second kappa shape index (κ2) is 9.47. The standard InChI is InChI=1S/C22H20FN3O4/c1-27-18-10-14(11-19(28-2)21(18)29-3)8-9-20-26-17(12-24)22(30-20)25-13-15-6-4-5-7-16(15)23/h4-11,25H,13H2,1-3H3/b9-8+. The van der Waals surface area contributed by atoms with E-state index in [-0.39, 0.29) is 29.8 Å². The molecule has 0 aliphatic carbocycles. The molecular formula is C22H20FN3O4. The fourth-order valence-corrected chi connectivity index (χ4v) is 2.79. The van der Waals surface area contributed by atoms with Crippen molar-refractivity contribution >= 4 is 18.0 Å². The van der Waals surface area contributed by atoms with E-state index in [1.165, 1.54) is 27.4 Å². The van der Waals surface area contributed by atoms with Crippen LogP contribution in [0.3, 0.4) is 0 Å². The number of nitriles is 1. The highest BCUT2D eigenvalue weighted by Crippen LogP contribution is 2.38. The van der Waals surface area contributed by atoms with Gasteiger partial charge in [0, 0.05) is 18.2 Å². The number of halogens is 1. The molecule has 0 spiro atoms. The molecule has 0 aliphatic heterocycles. The van der Waals surface area contributed by atoms with Crippen LogP contribution in [0.2, 0.25) is 0 Å². The van der Waals surface area contributed by atoms with E-state index in [0.29, 0.717) is 22.8 Å². The van der Waals surface area contributed by atoms with E-state index in [4.69, 9.17) is 18.6 Å². The van der Waals surface area contributed by atoms with E-state index >= 15 is 0 Å². The predicted octanol–water partition coefficient (Wildman–Crippen LogP) is 4.49. The van der Waals surface area contributed by atoms with E-state index in [2.05, 4.69) is 10.3 Å². The first-order valence-electron chi connectivity index (χ1n) is 8.96. The Hall–Kier alpha value is -3.99. The van der Waals surface area contributed by atoms with Crippen molar-refractivity contribution in [3.63, 3.8) is 0 Å². The molecule has 0 radical (unpaired) electrons. The molecule has 154 valence electrons. The van der Waals surface area contributed by atoms with Crippen LogP contribution in [0.1, 0.15) is 22.7 Å². The Morgan fingerprint density at radius 1 is 1.10 bits per heavy atom. The minimum absolute atomic E-state index is 0.0795. The fourth-order valence-electron chi connectivity index (χ4n) is 2.79. The SMILES string of the molecule is COc1cc(/C=C/c2nc(C#N)c(NCc3ccccc3F)o2)cc(OC)c1OC. The zero-order valence-corrected chi connectivity index (χ0v) is 16.7. The second-order valence-corrected chi connectivity index (χ2v) is 6.08. The van der Waals surface area contributed by atoms with E-state index in [1.54, 1.807) is 42.5 Å². The van der Waals surface area contributed by atoms with Gasteiger partial charge in [-0.1, -0.05) is 18.2 Å². The zero-order chi connectivity index (χ0) is 21.5. The van der Waals surface area contributed by atoms with Gasteiger partial charge in [-0.2, -0.15) is 10.2 Å². The van der Waals surface area contributed by atoms with Gasteiger partial charge in [-0.05, 0) is 29.8 Å². The first-order valence-corrected chi connectivity index (χ1v) is 8.96. The summed E-state index contributed by atoms with van der Waals surface area (Å²) in [6, 6.07) is 11.9. The second-order valence-electron chi connectivity index (χ2n) is 6.08. The van der Waals surface area contributed by atoms with Crippen molar-refractivity contribution in [2.24, 2.45) is 0 Å². The van der Waals surface area contributed by atoms with Crippen LogP contribution < -0.4 is 19.5 Å². The Kier molecular flexibility index (Phi) is 6.55. The Balaban J connectivity index is 1.81. The Morgan fingerprint density at radius 2 is 1.80 bits per heavy atom. The van der Waals surface area contributed by atoms with Crippen LogP contribution >= 0.6 is 0 Å². The molecule has 3 rings (SSSR count). The molecular weight excluding hydrogens is 389 g/mol. The molecule has 1 heterocycles. The minimum atomic E-state index is -0.342. The summed E-state index contributed by atoms with van der Waals surface area (Å²) in [5, 5.41) is 12.2. The maximum Gasteiger partial charge on any atom is 0.232 e. The molecule has 0 unspecified atom stereocenters. The minimum Gasteiger partial charge on any atom is -0.493 e. The molecule has 0 saturated carbocycles. The average Bonchev–Trinajstić information content (AvgIpc) is 3.18. The summed E-state index contributed by atoms with van der Waals surface area (Å²) >= 11 is 0. The molecule has 0 atom stereocenters. The molecule has 2 aromatic carbocycles. The van der Waals surface area contributed by atoms with Gasteiger partial charge in [-0.25, -0.2) is 4.39 Å². The average molecular weight is 409 g/mol. The summed E-state index contributed by atoms with van der Waals surface area (Å²) in [7, 11) is 4.60. The van der Waals surface area contributed by atoms with Crippen LogP contribution in [0.15, 0.2) is 40.8 Å². The summed E-state index contributed by atoms with van der Waals surface area (Å²) < 4.78 is 35.4. The maximum absolute atomic E-state index is 13.8. The third-order valence-electron chi connectivity index (χ3n) is 4.25. The van der Waals surface area contributed by atoms with Gasteiger partial charge in [-0.3, -0.25) is 0 Å². The van der Waals surface area contributed by atoms with Gasteiger partial charge in [0.15, 0.2) is 11.5 Å². The van der Waals surface area contributed by atoms with Crippen molar-refractivity contribution in [1.29, 1.82) is 5.26 Å². The summed E-state index contributed by atoms with van der Waals surface area (Å²) in [6.07, 6.45) is 3.34. The van der Waals surface area contributed by atoms with Crippen LogP contribution in [-0.4, -0.2) is 26.3 Å². The number of hydrogen-bond acceptors (Lipinski definition) is 7. The quantitative estimate of drug-likeness (QED) is 0.586. The van der Waals surface area contributed by atoms with Crippen molar-refractivity contribution in [2.75, 3.05) is 26.6 Å². The van der Waals surface area contributed by atoms with Gasteiger partial charge in [0.1, 0.15) is 11.9 Å². The van der Waals surface area contributed by atoms with Crippen LogP contribution in [0, 0.1) is 17.1 Å². The molecule has 7 nitrogen and oxygen atoms in total. The highest BCUT2D eigenvalue weighted by Gasteiger charge is 2.14. The number of nitrogens with zero attached hydrogens (tertiary/aromatic N) is 2. The first kappa shape index (κ1) is 20.7. The molecule has 1 aromatic heterocycles. The lowest BCUT2D eigenvalue weighted by Crippen LogP contribution is -2.01. The third-order valence-corrected chi connectivity index (χ3v) is 4.25. The van der Waals surface area contributed by atoms with Gasteiger partial charge in [0.25, 0.3) is 0 Å². The molecule has 8 heteroatoms. The van der Waals surface area contributed by atoms with Gasteiger partial charge >= 0.3 is 0 Å². The first-order chi connectivity index (χ1) is 14.6. The lowest BCUT2D eigenvalue weighted by atomic mass is 10.1. The monoisotopic (exact) mass is 409 g/mol.